The van der Waals surface area contributed by atoms with Crippen LogP contribution in [-0.4, -0.2) is 33.3 Å². The highest BCUT2D eigenvalue weighted by atomic mass is 32.1. The fourth-order valence-electron chi connectivity index (χ4n) is 2.29. The minimum absolute atomic E-state index is 0.381. The molecule has 7 heteroatoms. The number of rotatable bonds is 2. The largest absolute Gasteiger partial charge is 0.514 e. The predicted molar refractivity (Wildman–Crippen MR) is 88.3 cm³/mol. The van der Waals surface area contributed by atoms with Gasteiger partial charge in [0, 0.05) is 5.38 Å². The summed E-state index contributed by atoms with van der Waals surface area (Å²) in [5.41, 5.74) is 1.65. The van der Waals surface area contributed by atoms with E-state index in [1.54, 1.807) is 11.3 Å². The van der Waals surface area contributed by atoms with Gasteiger partial charge in [-0.3, -0.25) is 0 Å². The Kier molecular flexibility index (Phi) is 3.62. The zero-order valence-corrected chi connectivity index (χ0v) is 14.6. The van der Waals surface area contributed by atoms with Gasteiger partial charge in [0.05, 0.1) is 33.2 Å². The standard InChI is InChI=1S/C15H20BN3O2S/c1-9-17-11(12-8-22-10(2)19-12)7-13(18-9)16-20-14(3,4)15(5,6)21-16/h7-8H,1-6H3. The van der Waals surface area contributed by atoms with Crippen molar-refractivity contribution in [3.05, 3.63) is 22.3 Å². The molecule has 0 aliphatic carbocycles. The number of thiazole rings is 1. The Labute approximate surface area is 135 Å². The third-order valence-electron chi connectivity index (χ3n) is 4.23. The third kappa shape index (κ3) is 2.68. The first-order chi connectivity index (χ1) is 10.2. The summed E-state index contributed by atoms with van der Waals surface area (Å²) in [6, 6.07) is 1.91. The number of aromatic nitrogens is 3. The van der Waals surface area contributed by atoms with Crippen LogP contribution in [-0.2, 0) is 9.31 Å². The van der Waals surface area contributed by atoms with Crippen molar-refractivity contribution in [2.45, 2.75) is 52.7 Å². The van der Waals surface area contributed by atoms with Crippen LogP contribution in [0.15, 0.2) is 11.4 Å². The molecular formula is C15H20BN3O2S. The summed E-state index contributed by atoms with van der Waals surface area (Å²) in [6.07, 6.45) is 0. The molecule has 1 aliphatic heterocycles. The second kappa shape index (κ2) is 5.11. The van der Waals surface area contributed by atoms with Gasteiger partial charge in [0.1, 0.15) is 5.82 Å². The topological polar surface area (TPSA) is 57.1 Å². The molecule has 5 nitrogen and oxygen atoms in total. The Morgan fingerprint density at radius 1 is 0.955 bits per heavy atom. The van der Waals surface area contributed by atoms with Crippen molar-refractivity contribution in [3.63, 3.8) is 0 Å². The van der Waals surface area contributed by atoms with Crippen LogP contribution in [0.4, 0.5) is 0 Å². The van der Waals surface area contributed by atoms with Gasteiger partial charge in [-0.1, -0.05) is 0 Å². The lowest BCUT2D eigenvalue weighted by Gasteiger charge is -2.32. The van der Waals surface area contributed by atoms with E-state index in [9.17, 15) is 0 Å². The van der Waals surface area contributed by atoms with Crippen LogP contribution >= 0.6 is 11.3 Å². The number of hydrogen-bond acceptors (Lipinski definition) is 6. The molecule has 116 valence electrons. The number of nitrogens with zero attached hydrogens (tertiary/aromatic N) is 3. The second-order valence-corrected chi connectivity index (χ2v) is 7.63. The van der Waals surface area contributed by atoms with E-state index in [2.05, 4.69) is 15.0 Å². The molecule has 0 amide bonds. The van der Waals surface area contributed by atoms with Gasteiger partial charge in [0.15, 0.2) is 0 Å². The van der Waals surface area contributed by atoms with E-state index in [1.807, 2.05) is 53.0 Å². The summed E-state index contributed by atoms with van der Waals surface area (Å²) in [4.78, 5) is 13.5. The van der Waals surface area contributed by atoms with E-state index in [0.29, 0.717) is 5.82 Å². The molecule has 1 aliphatic rings. The van der Waals surface area contributed by atoms with E-state index in [4.69, 9.17) is 9.31 Å². The van der Waals surface area contributed by atoms with Crippen LogP contribution in [0.5, 0.6) is 0 Å². The van der Waals surface area contributed by atoms with Crippen LogP contribution in [0.1, 0.15) is 38.5 Å². The van der Waals surface area contributed by atoms with E-state index >= 15 is 0 Å². The lowest BCUT2D eigenvalue weighted by Crippen LogP contribution is -2.41. The fraction of sp³-hybridized carbons (Fsp3) is 0.533. The van der Waals surface area contributed by atoms with E-state index < -0.39 is 7.12 Å². The molecule has 3 rings (SSSR count). The summed E-state index contributed by atoms with van der Waals surface area (Å²) in [7, 11) is -0.481. The first-order valence-electron chi connectivity index (χ1n) is 7.32. The Hall–Kier alpha value is -1.31. The van der Waals surface area contributed by atoms with Crippen LogP contribution in [0, 0.1) is 13.8 Å². The molecule has 0 aromatic carbocycles. The molecule has 1 fully saturated rings. The van der Waals surface area contributed by atoms with E-state index in [1.165, 1.54) is 0 Å². The highest BCUT2D eigenvalue weighted by Gasteiger charge is 2.52. The molecule has 0 radical (unpaired) electrons. The zero-order chi connectivity index (χ0) is 16.1. The van der Waals surface area contributed by atoms with Gasteiger partial charge in [0.25, 0.3) is 0 Å². The van der Waals surface area contributed by atoms with Crippen molar-refractivity contribution < 1.29 is 9.31 Å². The molecule has 22 heavy (non-hydrogen) atoms. The Morgan fingerprint density at radius 2 is 1.59 bits per heavy atom. The first-order valence-corrected chi connectivity index (χ1v) is 8.20. The molecule has 0 saturated carbocycles. The normalized spacial score (nSPS) is 19.6. The van der Waals surface area contributed by atoms with Gasteiger partial charge in [0.2, 0.25) is 0 Å². The van der Waals surface area contributed by atoms with Gasteiger partial charge in [-0.2, -0.15) is 0 Å². The van der Waals surface area contributed by atoms with Crippen molar-refractivity contribution >= 4 is 24.0 Å². The van der Waals surface area contributed by atoms with Gasteiger partial charge < -0.3 is 9.31 Å². The van der Waals surface area contributed by atoms with Gasteiger partial charge >= 0.3 is 7.12 Å². The van der Waals surface area contributed by atoms with E-state index in [-0.39, 0.29) is 11.2 Å². The summed E-state index contributed by atoms with van der Waals surface area (Å²) in [6.45, 7) is 12.0. The summed E-state index contributed by atoms with van der Waals surface area (Å²) in [5.74, 6) is 0.688. The lowest BCUT2D eigenvalue weighted by atomic mass is 9.84. The molecule has 0 N–H and O–H groups in total. The first kappa shape index (κ1) is 15.6. The molecule has 2 aromatic heterocycles. The van der Waals surface area contributed by atoms with Crippen LogP contribution in [0.2, 0.25) is 0 Å². The monoisotopic (exact) mass is 317 g/mol. The maximum absolute atomic E-state index is 6.07. The maximum atomic E-state index is 6.07. The average Bonchev–Trinajstić information content (AvgIpc) is 2.91. The average molecular weight is 317 g/mol. The summed E-state index contributed by atoms with van der Waals surface area (Å²) >= 11 is 1.61. The number of hydrogen-bond donors (Lipinski definition) is 0. The predicted octanol–water partition coefficient (Wildman–Crippen LogP) is 2.52. The van der Waals surface area contributed by atoms with Crippen molar-refractivity contribution in [2.24, 2.45) is 0 Å². The molecule has 2 aromatic rings. The van der Waals surface area contributed by atoms with Crippen LogP contribution < -0.4 is 5.59 Å². The molecule has 0 unspecified atom stereocenters. The minimum Gasteiger partial charge on any atom is -0.398 e. The molecule has 3 heterocycles. The second-order valence-electron chi connectivity index (χ2n) is 6.57. The van der Waals surface area contributed by atoms with Crippen molar-refractivity contribution in [1.29, 1.82) is 0 Å². The quantitative estimate of drug-likeness (QED) is 0.797. The Morgan fingerprint density at radius 3 is 2.14 bits per heavy atom. The van der Waals surface area contributed by atoms with Gasteiger partial charge in [-0.05, 0) is 47.6 Å². The smallest absolute Gasteiger partial charge is 0.398 e. The SMILES string of the molecule is Cc1nc(B2OC(C)(C)C(C)(C)O2)cc(-c2csc(C)n2)n1. The molecule has 1 saturated heterocycles. The number of aryl methyl sites for hydroxylation is 2. The third-order valence-corrected chi connectivity index (χ3v) is 5.01. The highest BCUT2D eigenvalue weighted by Crippen LogP contribution is 2.36. The molecule has 0 bridgehead atoms. The minimum atomic E-state index is -0.481. The summed E-state index contributed by atoms with van der Waals surface area (Å²) in [5, 5.41) is 3.02. The van der Waals surface area contributed by atoms with Gasteiger partial charge in [-0.25, -0.2) is 15.0 Å². The Balaban J connectivity index is 1.98. The van der Waals surface area contributed by atoms with Crippen molar-refractivity contribution in [1.82, 2.24) is 15.0 Å². The van der Waals surface area contributed by atoms with Crippen molar-refractivity contribution in [2.75, 3.05) is 0 Å². The maximum Gasteiger partial charge on any atom is 0.514 e. The zero-order valence-electron chi connectivity index (χ0n) is 13.8. The highest BCUT2D eigenvalue weighted by molar-refractivity contribution is 7.09. The lowest BCUT2D eigenvalue weighted by molar-refractivity contribution is 0.00578. The van der Waals surface area contributed by atoms with Crippen LogP contribution in [0.3, 0.4) is 0 Å². The molecule has 0 atom stereocenters. The summed E-state index contributed by atoms with van der Waals surface area (Å²) < 4.78 is 12.1. The van der Waals surface area contributed by atoms with Gasteiger partial charge in [-0.15, -0.1) is 11.3 Å². The molecule has 0 spiro atoms. The fourth-order valence-corrected chi connectivity index (χ4v) is 2.89. The van der Waals surface area contributed by atoms with Crippen LogP contribution in [0.25, 0.3) is 11.4 Å². The Bertz CT molecular complexity index is 699. The van der Waals surface area contributed by atoms with Crippen molar-refractivity contribution in [3.8, 4) is 11.4 Å². The van der Waals surface area contributed by atoms with E-state index in [0.717, 1.165) is 22.0 Å². The molecular weight excluding hydrogens is 297 g/mol.